The minimum Gasteiger partial charge on any atom is -0.481 e. The Balaban J connectivity index is 1.54. The van der Waals surface area contributed by atoms with Gasteiger partial charge in [0.25, 0.3) is 5.91 Å². The summed E-state index contributed by atoms with van der Waals surface area (Å²) < 4.78 is 34.4. The number of fused-ring (bicyclic) bond motifs is 3. The lowest BCUT2D eigenvalue weighted by Gasteiger charge is -2.43. The Kier molecular flexibility index (Phi) is 5.66. The summed E-state index contributed by atoms with van der Waals surface area (Å²) in [6.07, 6.45) is 4.45. The summed E-state index contributed by atoms with van der Waals surface area (Å²) >= 11 is 0. The molecule has 0 bridgehead atoms. The summed E-state index contributed by atoms with van der Waals surface area (Å²) in [6, 6.07) is 9.59. The second kappa shape index (κ2) is 8.65. The van der Waals surface area contributed by atoms with Gasteiger partial charge >= 0.3 is 0 Å². The van der Waals surface area contributed by atoms with Crippen LogP contribution in [0.5, 0.6) is 5.88 Å². The highest BCUT2D eigenvalue weighted by molar-refractivity contribution is 7.90. The molecule has 1 unspecified atom stereocenters. The Labute approximate surface area is 197 Å². The zero-order valence-electron chi connectivity index (χ0n) is 18.7. The summed E-state index contributed by atoms with van der Waals surface area (Å²) in [4.78, 5) is 30.7. The van der Waals surface area contributed by atoms with Gasteiger partial charge in [-0.15, -0.1) is 0 Å². The number of nitrogens with zero attached hydrogens (tertiary/aromatic N) is 5. The molecule has 0 N–H and O–H groups in total. The maximum absolute atomic E-state index is 13.4. The molecule has 1 amide bonds. The van der Waals surface area contributed by atoms with Crippen LogP contribution in [0, 0.1) is 0 Å². The maximum Gasteiger partial charge on any atom is 0.252 e. The third-order valence-electron chi connectivity index (χ3n) is 5.89. The fraction of sp³-hybridized carbons (Fsp3) is 0.304. The van der Waals surface area contributed by atoms with Crippen molar-refractivity contribution in [1.82, 2.24) is 15.0 Å². The van der Waals surface area contributed by atoms with E-state index in [0.29, 0.717) is 36.4 Å². The average molecular weight is 482 g/mol. The van der Waals surface area contributed by atoms with Crippen LogP contribution in [0.1, 0.15) is 5.56 Å². The van der Waals surface area contributed by atoms with Crippen LogP contribution in [-0.2, 0) is 25.9 Å². The topological polar surface area (TPSA) is 115 Å². The number of hydrogen-bond acceptors (Lipinski definition) is 9. The third-order valence-corrected chi connectivity index (χ3v) is 7.02. The van der Waals surface area contributed by atoms with Crippen molar-refractivity contribution in [2.75, 3.05) is 42.9 Å². The van der Waals surface area contributed by atoms with Crippen molar-refractivity contribution in [3.63, 3.8) is 0 Å². The number of methoxy groups -OCH3 is 1. The third kappa shape index (κ3) is 4.08. The number of benzene rings is 1. The molecule has 0 radical (unpaired) electrons. The molecule has 2 aliphatic rings. The molecule has 4 heterocycles. The molecule has 0 spiro atoms. The molecule has 176 valence electrons. The van der Waals surface area contributed by atoms with Crippen LogP contribution >= 0.6 is 0 Å². The van der Waals surface area contributed by atoms with Crippen LogP contribution in [0.3, 0.4) is 0 Å². The lowest BCUT2D eigenvalue weighted by atomic mass is 10.1. The first-order valence-electron chi connectivity index (χ1n) is 10.7. The molecule has 2 aliphatic heterocycles. The molecule has 34 heavy (non-hydrogen) atoms. The molecule has 1 fully saturated rings. The number of morpholine rings is 1. The largest absolute Gasteiger partial charge is 0.481 e. The summed E-state index contributed by atoms with van der Waals surface area (Å²) in [5.41, 5.74) is 2.14. The quantitative estimate of drug-likeness (QED) is 0.537. The predicted molar refractivity (Wildman–Crippen MR) is 125 cm³/mol. The molecule has 10 nitrogen and oxygen atoms in total. The molecule has 11 heteroatoms. The smallest absolute Gasteiger partial charge is 0.252 e. The van der Waals surface area contributed by atoms with Gasteiger partial charge in [0.05, 0.1) is 38.0 Å². The predicted octanol–water partition coefficient (Wildman–Crippen LogP) is 1.70. The van der Waals surface area contributed by atoms with Crippen LogP contribution < -0.4 is 14.5 Å². The number of carbonyl (C=O) groups is 1. The number of rotatable bonds is 5. The first-order valence-corrected chi connectivity index (χ1v) is 12.6. The van der Waals surface area contributed by atoms with Gasteiger partial charge < -0.3 is 19.3 Å². The van der Waals surface area contributed by atoms with Crippen LogP contribution in [0.4, 0.5) is 11.5 Å². The lowest BCUT2D eigenvalue weighted by molar-refractivity contribution is -0.122. The Hall–Kier alpha value is -3.57. The summed E-state index contributed by atoms with van der Waals surface area (Å²) in [7, 11) is -1.76. The molecule has 0 saturated carbocycles. The second-order valence-corrected chi connectivity index (χ2v) is 10.1. The molecular formula is C23H23N5O5S. The summed E-state index contributed by atoms with van der Waals surface area (Å²) in [5, 5.41) is 0. The van der Waals surface area contributed by atoms with Crippen LogP contribution in [0.2, 0.25) is 0 Å². The van der Waals surface area contributed by atoms with E-state index >= 15 is 0 Å². The Morgan fingerprint density at radius 2 is 1.97 bits per heavy atom. The van der Waals surface area contributed by atoms with Gasteiger partial charge in [-0.25, -0.2) is 23.4 Å². The zero-order valence-corrected chi connectivity index (χ0v) is 19.5. The number of hydrogen-bond donors (Lipinski definition) is 0. The zero-order chi connectivity index (χ0) is 23.9. The van der Waals surface area contributed by atoms with Gasteiger partial charge in [0, 0.05) is 30.6 Å². The fourth-order valence-electron chi connectivity index (χ4n) is 4.12. The van der Waals surface area contributed by atoms with Gasteiger partial charge in [0.1, 0.15) is 11.7 Å². The number of ether oxygens (including phenoxy) is 2. The molecule has 0 aliphatic carbocycles. The van der Waals surface area contributed by atoms with Gasteiger partial charge in [-0.3, -0.25) is 4.79 Å². The van der Waals surface area contributed by atoms with Crippen LogP contribution in [-0.4, -0.2) is 68.4 Å². The van der Waals surface area contributed by atoms with Crippen molar-refractivity contribution in [1.29, 1.82) is 0 Å². The van der Waals surface area contributed by atoms with Crippen molar-refractivity contribution in [3.8, 4) is 17.3 Å². The maximum atomic E-state index is 13.4. The molecule has 5 rings (SSSR count). The fourth-order valence-corrected chi connectivity index (χ4v) is 4.75. The number of pyridine rings is 1. The van der Waals surface area contributed by atoms with Crippen LogP contribution in [0.15, 0.2) is 53.7 Å². The van der Waals surface area contributed by atoms with E-state index < -0.39 is 15.9 Å². The van der Waals surface area contributed by atoms with Crippen molar-refractivity contribution in [2.45, 2.75) is 17.5 Å². The molecule has 1 atom stereocenters. The van der Waals surface area contributed by atoms with Gasteiger partial charge in [-0.2, -0.15) is 0 Å². The van der Waals surface area contributed by atoms with Gasteiger partial charge in [0.15, 0.2) is 21.5 Å². The first kappa shape index (κ1) is 22.2. The van der Waals surface area contributed by atoms with E-state index in [1.165, 1.54) is 0 Å². The Morgan fingerprint density at radius 1 is 1.18 bits per heavy atom. The first-order chi connectivity index (χ1) is 16.3. The number of aromatic nitrogens is 3. The number of amides is 1. The molecule has 2 aromatic heterocycles. The standard InChI is InChI=1S/C23H23N5O5S/c1-32-20-11-16(7-8-24-20)21-25-12-18-22(26-21)27-9-10-33-14-19(27)23(29)28(18)13-15-3-5-17(6-4-15)34(2,30)31/h3-8,11-12,19H,9-10,13-14H2,1-2H3. The normalized spacial score (nSPS) is 17.8. The number of sulfone groups is 1. The molecule has 1 saturated heterocycles. The van der Waals surface area contributed by atoms with E-state index in [1.54, 1.807) is 60.8 Å². The Bertz CT molecular complexity index is 1350. The van der Waals surface area contributed by atoms with E-state index in [0.717, 1.165) is 17.4 Å². The second-order valence-electron chi connectivity index (χ2n) is 8.11. The highest BCUT2D eigenvalue weighted by atomic mass is 32.2. The van der Waals surface area contributed by atoms with Crippen molar-refractivity contribution >= 4 is 27.2 Å². The van der Waals surface area contributed by atoms with Gasteiger partial charge in [-0.1, -0.05) is 12.1 Å². The van der Waals surface area contributed by atoms with Gasteiger partial charge in [0.2, 0.25) is 5.88 Å². The van der Waals surface area contributed by atoms with Gasteiger partial charge in [-0.05, 0) is 23.8 Å². The summed E-state index contributed by atoms with van der Waals surface area (Å²) in [5.74, 6) is 1.50. The van der Waals surface area contributed by atoms with E-state index in [9.17, 15) is 13.2 Å². The highest BCUT2D eigenvalue weighted by Gasteiger charge is 2.41. The summed E-state index contributed by atoms with van der Waals surface area (Å²) in [6.45, 7) is 1.56. The highest BCUT2D eigenvalue weighted by Crippen LogP contribution is 2.37. The van der Waals surface area contributed by atoms with E-state index in [4.69, 9.17) is 14.5 Å². The monoisotopic (exact) mass is 481 g/mol. The Morgan fingerprint density at radius 3 is 2.71 bits per heavy atom. The van der Waals surface area contributed by atoms with E-state index in [2.05, 4.69) is 9.97 Å². The lowest BCUT2D eigenvalue weighted by Crippen LogP contribution is -2.58. The van der Waals surface area contributed by atoms with Crippen molar-refractivity contribution in [3.05, 3.63) is 54.4 Å². The number of anilines is 2. The van der Waals surface area contributed by atoms with E-state index in [1.807, 2.05) is 4.90 Å². The molecule has 1 aromatic carbocycles. The molecule has 3 aromatic rings. The minimum absolute atomic E-state index is 0.110. The van der Waals surface area contributed by atoms with Crippen molar-refractivity contribution < 1.29 is 22.7 Å². The minimum atomic E-state index is -3.30. The SMILES string of the molecule is COc1cc(-c2ncc3c(n2)N2CCOCC2C(=O)N3Cc2ccc(S(C)(=O)=O)cc2)ccn1. The average Bonchev–Trinajstić information content (AvgIpc) is 2.86. The van der Waals surface area contributed by atoms with Crippen LogP contribution in [0.25, 0.3) is 11.4 Å². The van der Waals surface area contributed by atoms with Crippen molar-refractivity contribution in [2.24, 2.45) is 0 Å². The number of carbonyl (C=O) groups excluding carboxylic acids is 1. The van der Waals surface area contributed by atoms with E-state index in [-0.39, 0.29) is 24.0 Å². The molecular weight excluding hydrogens is 458 g/mol.